The maximum absolute atomic E-state index is 13.6. The molecule has 1 amide bonds. The van der Waals surface area contributed by atoms with E-state index in [-0.39, 0.29) is 17.2 Å². The van der Waals surface area contributed by atoms with Gasteiger partial charge < -0.3 is 10.1 Å². The summed E-state index contributed by atoms with van der Waals surface area (Å²) in [7, 11) is 1.61. The maximum Gasteiger partial charge on any atom is 0.280 e. The highest BCUT2D eigenvalue weighted by atomic mass is 32.2. The second-order valence-corrected chi connectivity index (χ2v) is 9.31. The third kappa shape index (κ3) is 5.24. The van der Waals surface area contributed by atoms with Crippen LogP contribution in [0.25, 0.3) is 11.0 Å². The van der Waals surface area contributed by atoms with Gasteiger partial charge in [-0.25, -0.2) is 4.98 Å². The number of fused-ring (bicyclic) bond motifs is 1. The van der Waals surface area contributed by atoms with Crippen LogP contribution in [-0.4, -0.2) is 38.1 Å². The highest BCUT2D eigenvalue weighted by Gasteiger charge is 2.19. The van der Waals surface area contributed by atoms with Gasteiger partial charge in [-0.2, -0.15) is 5.10 Å². The molecule has 2 aromatic heterocycles. The Kier molecular flexibility index (Phi) is 7.25. The molecule has 35 heavy (non-hydrogen) atoms. The molecule has 0 aliphatic rings. The number of anilines is 1. The molecule has 4 rings (SSSR count). The van der Waals surface area contributed by atoms with Gasteiger partial charge in [-0.15, -0.1) is 0 Å². The first-order valence-corrected chi connectivity index (χ1v) is 12.4. The number of benzene rings is 2. The van der Waals surface area contributed by atoms with E-state index in [4.69, 9.17) is 9.72 Å². The second kappa shape index (κ2) is 10.4. The average molecular weight is 492 g/mol. The first-order chi connectivity index (χ1) is 16.8. The highest BCUT2D eigenvalue weighted by molar-refractivity contribution is 7.99. The monoisotopic (exact) mass is 491 g/mol. The van der Waals surface area contributed by atoms with E-state index in [9.17, 15) is 9.59 Å². The first kappa shape index (κ1) is 24.5. The molecule has 2 aromatic carbocycles. The van der Waals surface area contributed by atoms with E-state index in [2.05, 4.69) is 10.4 Å². The van der Waals surface area contributed by atoms with Crippen LogP contribution < -0.4 is 15.6 Å². The number of aromatic nitrogens is 4. The molecule has 182 valence electrons. The SMILES string of the molecule is CCn1nc(C)c2nc(SCC(=O)Nc3ccc(C)c(C)c3)n(Cc3cccc(OC)c3)c(=O)c21. The van der Waals surface area contributed by atoms with Gasteiger partial charge in [-0.1, -0.05) is 30.0 Å². The highest BCUT2D eigenvalue weighted by Crippen LogP contribution is 2.23. The molecule has 0 spiro atoms. The fraction of sp³-hybridized carbons (Fsp3) is 0.308. The van der Waals surface area contributed by atoms with Gasteiger partial charge in [0.2, 0.25) is 5.91 Å². The van der Waals surface area contributed by atoms with Crippen molar-refractivity contribution in [1.82, 2.24) is 19.3 Å². The van der Waals surface area contributed by atoms with Crippen LogP contribution in [0.5, 0.6) is 5.75 Å². The van der Waals surface area contributed by atoms with Crippen molar-refractivity contribution in [3.05, 3.63) is 75.2 Å². The van der Waals surface area contributed by atoms with Gasteiger partial charge in [0.15, 0.2) is 10.7 Å². The van der Waals surface area contributed by atoms with Crippen molar-refractivity contribution in [2.75, 3.05) is 18.2 Å². The van der Waals surface area contributed by atoms with Gasteiger partial charge in [0, 0.05) is 12.2 Å². The zero-order valence-electron chi connectivity index (χ0n) is 20.6. The molecule has 0 unspecified atom stereocenters. The van der Waals surface area contributed by atoms with Crippen molar-refractivity contribution < 1.29 is 9.53 Å². The molecular weight excluding hydrogens is 462 g/mol. The van der Waals surface area contributed by atoms with E-state index in [1.165, 1.54) is 17.3 Å². The van der Waals surface area contributed by atoms with E-state index in [0.717, 1.165) is 16.8 Å². The summed E-state index contributed by atoms with van der Waals surface area (Å²) in [6.07, 6.45) is 0. The van der Waals surface area contributed by atoms with Gasteiger partial charge in [-0.05, 0) is 68.7 Å². The van der Waals surface area contributed by atoms with E-state index >= 15 is 0 Å². The molecule has 1 N–H and O–H groups in total. The zero-order chi connectivity index (χ0) is 25.1. The van der Waals surface area contributed by atoms with Crippen molar-refractivity contribution >= 4 is 34.4 Å². The molecule has 0 bridgehead atoms. The summed E-state index contributed by atoms with van der Waals surface area (Å²) in [5.41, 5.74) is 5.46. The molecule has 0 aliphatic carbocycles. The molecule has 0 fully saturated rings. The van der Waals surface area contributed by atoms with Crippen LogP contribution in [0.4, 0.5) is 5.69 Å². The van der Waals surface area contributed by atoms with Gasteiger partial charge in [0.05, 0.1) is 25.1 Å². The van der Waals surface area contributed by atoms with Crippen molar-refractivity contribution in [3.63, 3.8) is 0 Å². The predicted octanol–water partition coefficient (Wildman–Crippen LogP) is 4.33. The number of ether oxygens (including phenoxy) is 1. The molecule has 0 radical (unpaired) electrons. The van der Waals surface area contributed by atoms with Crippen LogP contribution >= 0.6 is 11.8 Å². The lowest BCUT2D eigenvalue weighted by atomic mass is 10.1. The van der Waals surface area contributed by atoms with Crippen molar-refractivity contribution in [2.24, 2.45) is 0 Å². The average Bonchev–Trinajstić information content (AvgIpc) is 3.17. The Morgan fingerprint density at radius 2 is 1.91 bits per heavy atom. The number of amides is 1. The van der Waals surface area contributed by atoms with E-state index in [1.54, 1.807) is 16.4 Å². The topological polar surface area (TPSA) is 91.0 Å². The third-order valence-corrected chi connectivity index (χ3v) is 6.86. The number of hydrogen-bond acceptors (Lipinski definition) is 6. The Balaban J connectivity index is 1.67. The number of methoxy groups -OCH3 is 1. The Morgan fingerprint density at radius 1 is 1.11 bits per heavy atom. The van der Waals surface area contributed by atoms with Crippen LogP contribution in [0.15, 0.2) is 52.4 Å². The first-order valence-electron chi connectivity index (χ1n) is 11.4. The summed E-state index contributed by atoms with van der Waals surface area (Å²) < 4.78 is 8.63. The summed E-state index contributed by atoms with van der Waals surface area (Å²) in [6.45, 7) is 8.68. The number of carbonyl (C=O) groups is 1. The zero-order valence-corrected chi connectivity index (χ0v) is 21.4. The van der Waals surface area contributed by atoms with Gasteiger partial charge in [-0.3, -0.25) is 18.8 Å². The Hall–Kier alpha value is -3.59. The Morgan fingerprint density at radius 3 is 2.63 bits per heavy atom. The summed E-state index contributed by atoms with van der Waals surface area (Å²) in [4.78, 5) is 31.1. The molecule has 2 heterocycles. The third-order valence-electron chi connectivity index (χ3n) is 5.88. The standard InChI is InChI=1S/C26H29N5O3S/c1-6-31-24-23(18(4)29-31)28-26(30(25(24)33)14-19-8-7-9-21(13-19)34-5)35-15-22(32)27-20-11-10-16(2)17(3)12-20/h7-13H,6,14-15H2,1-5H3,(H,27,32). The number of aryl methyl sites for hydroxylation is 4. The molecule has 0 atom stereocenters. The molecule has 4 aromatic rings. The maximum atomic E-state index is 13.6. The molecule has 9 heteroatoms. The summed E-state index contributed by atoms with van der Waals surface area (Å²) in [5.74, 6) is 0.659. The lowest BCUT2D eigenvalue weighted by Gasteiger charge is -2.13. The number of thioether (sulfide) groups is 1. The van der Waals surface area contributed by atoms with Crippen LogP contribution in [0, 0.1) is 20.8 Å². The lowest BCUT2D eigenvalue weighted by molar-refractivity contribution is -0.113. The van der Waals surface area contributed by atoms with E-state index < -0.39 is 0 Å². The Labute approximate surface area is 208 Å². The molecule has 0 saturated carbocycles. The number of rotatable bonds is 8. The number of nitrogens with zero attached hydrogens (tertiary/aromatic N) is 4. The van der Waals surface area contributed by atoms with Crippen LogP contribution in [0.2, 0.25) is 0 Å². The van der Waals surface area contributed by atoms with Crippen LogP contribution in [0.3, 0.4) is 0 Å². The molecule has 0 saturated heterocycles. The van der Waals surface area contributed by atoms with Crippen molar-refractivity contribution in [2.45, 2.75) is 45.9 Å². The van der Waals surface area contributed by atoms with Gasteiger partial charge in [0.1, 0.15) is 11.3 Å². The quantitative estimate of drug-likeness (QED) is 0.292. The number of nitrogens with one attached hydrogen (secondary N) is 1. The van der Waals surface area contributed by atoms with E-state index in [1.807, 2.05) is 70.2 Å². The predicted molar refractivity (Wildman–Crippen MR) is 140 cm³/mol. The minimum absolute atomic E-state index is 0.115. The fourth-order valence-corrected chi connectivity index (χ4v) is 4.66. The van der Waals surface area contributed by atoms with Crippen molar-refractivity contribution in [3.8, 4) is 5.75 Å². The van der Waals surface area contributed by atoms with Gasteiger partial charge in [0.25, 0.3) is 5.56 Å². The largest absolute Gasteiger partial charge is 0.497 e. The number of hydrogen-bond donors (Lipinski definition) is 1. The lowest BCUT2D eigenvalue weighted by Crippen LogP contribution is -2.26. The Bertz CT molecular complexity index is 1460. The fourth-order valence-electron chi connectivity index (χ4n) is 3.87. The van der Waals surface area contributed by atoms with Crippen molar-refractivity contribution in [1.29, 1.82) is 0 Å². The summed E-state index contributed by atoms with van der Waals surface area (Å²) >= 11 is 1.24. The van der Waals surface area contributed by atoms with Crippen LogP contribution in [0.1, 0.15) is 29.3 Å². The molecule has 8 nitrogen and oxygen atoms in total. The minimum Gasteiger partial charge on any atom is -0.497 e. The number of carbonyl (C=O) groups excluding carboxylic acids is 1. The smallest absolute Gasteiger partial charge is 0.280 e. The van der Waals surface area contributed by atoms with Gasteiger partial charge >= 0.3 is 0 Å². The summed E-state index contributed by atoms with van der Waals surface area (Å²) in [6, 6.07) is 13.4. The van der Waals surface area contributed by atoms with E-state index in [0.29, 0.717) is 40.7 Å². The normalized spacial score (nSPS) is 11.1. The minimum atomic E-state index is -0.183. The second-order valence-electron chi connectivity index (χ2n) is 8.37. The van der Waals surface area contributed by atoms with Crippen LogP contribution in [-0.2, 0) is 17.9 Å². The molecular formula is C26H29N5O3S. The molecule has 0 aliphatic heterocycles. The summed E-state index contributed by atoms with van der Waals surface area (Å²) in [5, 5.41) is 7.89.